The molecule has 0 fully saturated rings. The number of benzene rings is 1. The number of non-ortho nitro benzene ring substituents is 1. The predicted molar refractivity (Wildman–Crippen MR) is 50.0 cm³/mol. The summed E-state index contributed by atoms with van der Waals surface area (Å²) in [5.74, 6) is 0. The van der Waals surface area contributed by atoms with Crippen LogP contribution in [-0.4, -0.2) is 10.5 Å². The zero-order chi connectivity index (χ0) is 9.42. The molecule has 0 bridgehead atoms. The molecular formula is C7H6ClN3O2. The van der Waals surface area contributed by atoms with Crippen LogP contribution in [0.4, 0.5) is 17.1 Å². The maximum atomic E-state index is 10.4. The number of nitro benzene ring substituents is 1. The second kappa shape index (κ2) is 2.77. The maximum Gasteiger partial charge on any atom is 0.271 e. The smallest absolute Gasteiger partial charge is 0.271 e. The Morgan fingerprint density at radius 2 is 2.08 bits per heavy atom. The van der Waals surface area contributed by atoms with Crippen LogP contribution in [0.15, 0.2) is 18.2 Å². The molecule has 1 unspecified atom stereocenters. The number of nitrogens with one attached hydrogen (secondary N) is 2. The highest BCUT2D eigenvalue weighted by Gasteiger charge is 2.19. The second-order valence-corrected chi connectivity index (χ2v) is 3.07. The summed E-state index contributed by atoms with van der Waals surface area (Å²) in [6, 6.07) is 4.51. The summed E-state index contributed by atoms with van der Waals surface area (Å²) in [7, 11) is 0. The fourth-order valence-electron chi connectivity index (χ4n) is 1.20. The number of hydrogen-bond donors (Lipinski definition) is 2. The van der Waals surface area contributed by atoms with E-state index in [4.69, 9.17) is 11.6 Å². The van der Waals surface area contributed by atoms with Crippen molar-refractivity contribution in [1.29, 1.82) is 0 Å². The predicted octanol–water partition coefficient (Wildman–Crippen LogP) is 1.95. The molecule has 1 aromatic rings. The van der Waals surface area contributed by atoms with E-state index in [0.717, 1.165) is 5.69 Å². The van der Waals surface area contributed by atoms with Gasteiger partial charge in [-0.2, -0.15) is 0 Å². The Bertz CT molecular complexity index is 369. The van der Waals surface area contributed by atoms with Crippen LogP contribution < -0.4 is 10.6 Å². The van der Waals surface area contributed by atoms with Gasteiger partial charge in [-0.1, -0.05) is 11.6 Å². The lowest BCUT2D eigenvalue weighted by atomic mass is 10.2. The third-order valence-electron chi connectivity index (χ3n) is 1.78. The number of halogens is 1. The van der Waals surface area contributed by atoms with Gasteiger partial charge < -0.3 is 10.6 Å². The molecule has 6 heteroatoms. The highest BCUT2D eigenvalue weighted by Crippen LogP contribution is 2.32. The lowest BCUT2D eigenvalue weighted by Gasteiger charge is -1.98. The third-order valence-corrected chi connectivity index (χ3v) is 2.00. The summed E-state index contributed by atoms with van der Waals surface area (Å²) in [5, 5.41) is 16.1. The number of anilines is 2. The molecule has 0 spiro atoms. The van der Waals surface area contributed by atoms with Gasteiger partial charge in [0, 0.05) is 12.1 Å². The Labute approximate surface area is 78.8 Å². The molecule has 1 aliphatic heterocycles. The summed E-state index contributed by atoms with van der Waals surface area (Å²) in [6.07, 6.45) is 0. The molecule has 0 aliphatic carbocycles. The molecule has 0 radical (unpaired) electrons. The van der Waals surface area contributed by atoms with Gasteiger partial charge in [-0.05, 0) is 6.07 Å². The van der Waals surface area contributed by atoms with Crippen molar-refractivity contribution < 1.29 is 4.92 Å². The average molecular weight is 200 g/mol. The van der Waals surface area contributed by atoms with Gasteiger partial charge in [0.25, 0.3) is 5.69 Å². The Morgan fingerprint density at radius 3 is 2.77 bits per heavy atom. The number of hydrogen-bond acceptors (Lipinski definition) is 4. The van der Waals surface area contributed by atoms with Crippen molar-refractivity contribution >= 4 is 28.7 Å². The highest BCUT2D eigenvalue weighted by atomic mass is 35.5. The van der Waals surface area contributed by atoms with E-state index in [1.165, 1.54) is 12.1 Å². The number of nitrogens with zero attached hydrogens (tertiary/aromatic N) is 1. The summed E-state index contributed by atoms with van der Waals surface area (Å²) < 4.78 is 0. The van der Waals surface area contributed by atoms with Crippen molar-refractivity contribution in [2.75, 3.05) is 10.6 Å². The van der Waals surface area contributed by atoms with Crippen molar-refractivity contribution in [2.45, 2.75) is 5.62 Å². The van der Waals surface area contributed by atoms with Gasteiger partial charge in [-0.3, -0.25) is 10.1 Å². The third kappa shape index (κ3) is 1.38. The maximum absolute atomic E-state index is 10.4. The lowest BCUT2D eigenvalue weighted by molar-refractivity contribution is -0.384. The first-order valence-corrected chi connectivity index (χ1v) is 4.06. The Hall–Kier alpha value is -1.49. The topological polar surface area (TPSA) is 67.2 Å². The average Bonchev–Trinajstić information content (AvgIpc) is 2.42. The van der Waals surface area contributed by atoms with Crippen molar-refractivity contribution in [3.8, 4) is 0 Å². The van der Waals surface area contributed by atoms with Gasteiger partial charge in [0.15, 0.2) is 5.62 Å². The molecule has 1 atom stereocenters. The molecule has 2 rings (SSSR count). The molecule has 1 heterocycles. The van der Waals surface area contributed by atoms with Gasteiger partial charge in [0.05, 0.1) is 16.3 Å². The summed E-state index contributed by atoms with van der Waals surface area (Å²) in [6.45, 7) is 0. The molecule has 1 aromatic carbocycles. The van der Waals surface area contributed by atoms with Crippen LogP contribution in [0.25, 0.3) is 0 Å². The standard InChI is InChI=1S/C7H6ClN3O2/c8-7-9-5-2-1-4(11(12)13)3-6(5)10-7/h1-3,7,9-10H. The minimum Gasteiger partial charge on any atom is -0.351 e. The van der Waals surface area contributed by atoms with Crippen LogP contribution in [0.2, 0.25) is 0 Å². The van der Waals surface area contributed by atoms with Crippen molar-refractivity contribution in [2.24, 2.45) is 0 Å². The minimum absolute atomic E-state index is 0.0545. The lowest BCUT2D eigenvalue weighted by Crippen LogP contribution is -2.12. The van der Waals surface area contributed by atoms with Gasteiger partial charge in [-0.15, -0.1) is 0 Å². The Balaban J connectivity index is 2.40. The molecule has 13 heavy (non-hydrogen) atoms. The fourth-order valence-corrected chi connectivity index (χ4v) is 1.44. The summed E-state index contributed by atoms with van der Waals surface area (Å²) in [5.41, 5.74) is 1.11. The van der Waals surface area contributed by atoms with E-state index in [0.29, 0.717) is 5.69 Å². The first kappa shape index (κ1) is 8.12. The van der Waals surface area contributed by atoms with Gasteiger partial charge in [0.2, 0.25) is 0 Å². The molecule has 0 aromatic heterocycles. The van der Waals surface area contributed by atoms with Crippen LogP contribution in [0.5, 0.6) is 0 Å². The fraction of sp³-hybridized carbons (Fsp3) is 0.143. The minimum atomic E-state index is -0.441. The van der Waals surface area contributed by atoms with Crippen LogP contribution >= 0.6 is 11.6 Å². The van der Waals surface area contributed by atoms with Crippen LogP contribution in [0.1, 0.15) is 0 Å². The molecule has 2 N–H and O–H groups in total. The number of fused-ring (bicyclic) bond motifs is 1. The zero-order valence-electron chi connectivity index (χ0n) is 6.45. The van der Waals surface area contributed by atoms with Crippen LogP contribution in [-0.2, 0) is 0 Å². The number of rotatable bonds is 1. The van der Waals surface area contributed by atoms with Gasteiger partial charge in [0.1, 0.15) is 0 Å². The Kier molecular flexibility index (Phi) is 1.73. The van der Waals surface area contributed by atoms with Crippen molar-refractivity contribution in [3.63, 3.8) is 0 Å². The molecule has 5 nitrogen and oxygen atoms in total. The molecule has 0 saturated carbocycles. The molecule has 68 valence electrons. The monoisotopic (exact) mass is 199 g/mol. The summed E-state index contributed by atoms with van der Waals surface area (Å²) in [4.78, 5) is 9.97. The largest absolute Gasteiger partial charge is 0.351 e. The Morgan fingerprint density at radius 1 is 1.38 bits per heavy atom. The first-order valence-electron chi connectivity index (χ1n) is 3.62. The SMILES string of the molecule is O=[N+]([O-])c1ccc2c(c1)NC(Cl)N2. The summed E-state index contributed by atoms with van der Waals surface area (Å²) >= 11 is 5.72. The quantitative estimate of drug-likeness (QED) is 0.314. The van der Waals surface area contributed by atoms with Gasteiger partial charge in [-0.25, -0.2) is 0 Å². The molecular weight excluding hydrogens is 194 g/mol. The van der Waals surface area contributed by atoms with Crippen molar-refractivity contribution in [1.82, 2.24) is 0 Å². The second-order valence-electron chi connectivity index (χ2n) is 2.64. The molecule has 1 aliphatic rings. The number of alkyl halides is 1. The normalized spacial score (nSPS) is 18.7. The highest BCUT2D eigenvalue weighted by molar-refractivity contribution is 6.23. The van der Waals surface area contributed by atoms with Gasteiger partial charge >= 0.3 is 0 Å². The van der Waals surface area contributed by atoms with Crippen molar-refractivity contribution in [3.05, 3.63) is 28.3 Å². The van der Waals surface area contributed by atoms with Crippen LogP contribution in [0, 0.1) is 10.1 Å². The molecule has 0 saturated heterocycles. The van der Waals surface area contributed by atoms with E-state index < -0.39 is 10.5 Å². The van der Waals surface area contributed by atoms with E-state index >= 15 is 0 Å². The molecule has 0 amide bonds. The van der Waals surface area contributed by atoms with Crippen LogP contribution in [0.3, 0.4) is 0 Å². The van der Waals surface area contributed by atoms with E-state index in [2.05, 4.69) is 10.6 Å². The number of nitro groups is 1. The van der Waals surface area contributed by atoms with E-state index in [1.54, 1.807) is 6.07 Å². The van der Waals surface area contributed by atoms with E-state index in [9.17, 15) is 10.1 Å². The van der Waals surface area contributed by atoms with E-state index in [1.807, 2.05) is 0 Å². The first-order chi connectivity index (χ1) is 6.16. The van der Waals surface area contributed by atoms with E-state index in [-0.39, 0.29) is 5.69 Å². The zero-order valence-corrected chi connectivity index (χ0v) is 7.21.